The van der Waals surface area contributed by atoms with E-state index in [9.17, 15) is 4.79 Å². The minimum absolute atomic E-state index is 0.150. The van der Waals surface area contributed by atoms with Crippen LogP contribution in [0.1, 0.15) is 32.6 Å². The molecule has 4 heterocycles. The van der Waals surface area contributed by atoms with Gasteiger partial charge in [-0.3, -0.25) is 4.79 Å². The van der Waals surface area contributed by atoms with Crippen LogP contribution in [0.15, 0.2) is 11.2 Å². The van der Waals surface area contributed by atoms with Crippen molar-refractivity contribution in [3.05, 3.63) is 11.2 Å². The van der Waals surface area contributed by atoms with E-state index >= 15 is 0 Å². The van der Waals surface area contributed by atoms with Crippen LogP contribution < -0.4 is 4.90 Å². The summed E-state index contributed by atoms with van der Waals surface area (Å²) in [6, 6.07) is 1.79. The second-order valence-corrected chi connectivity index (χ2v) is 9.11. The van der Waals surface area contributed by atoms with E-state index in [1.165, 1.54) is 11.8 Å². The summed E-state index contributed by atoms with van der Waals surface area (Å²) in [6.45, 7) is 6.87. The van der Waals surface area contributed by atoms with Gasteiger partial charge in [-0.25, -0.2) is 9.97 Å². The zero-order chi connectivity index (χ0) is 19.6. The van der Waals surface area contributed by atoms with Crippen LogP contribution >= 0.6 is 23.4 Å². The Hall–Kier alpha value is -1.09. The summed E-state index contributed by atoms with van der Waals surface area (Å²) in [6.07, 6.45) is 3.78. The summed E-state index contributed by atoms with van der Waals surface area (Å²) >= 11 is 7.59. The maximum absolute atomic E-state index is 12.5. The summed E-state index contributed by atoms with van der Waals surface area (Å²) in [5.74, 6) is 1.59. The van der Waals surface area contributed by atoms with Gasteiger partial charge in [-0.15, -0.1) is 0 Å². The number of thioether (sulfide) groups is 1. The standard InChI is InChI=1S/C19H27ClN4O3S/c1-14-2-6-24(7-3-14)17(25)13-28-18-21-15(20)12-16(22-18)23-8-4-19(5-9-23)26-10-11-27-19/h12,14H,2-11,13H2,1H3. The molecule has 3 fully saturated rings. The average molecular weight is 427 g/mol. The van der Waals surface area contributed by atoms with Gasteiger partial charge in [-0.1, -0.05) is 30.3 Å². The van der Waals surface area contributed by atoms with Gasteiger partial charge in [0.05, 0.1) is 19.0 Å². The molecular formula is C19H27ClN4O3S. The Morgan fingerprint density at radius 2 is 1.89 bits per heavy atom. The Bertz CT molecular complexity index is 698. The number of carbonyl (C=O) groups is 1. The molecule has 0 N–H and O–H groups in total. The number of carbonyl (C=O) groups excluding carboxylic acids is 1. The quantitative estimate of drug-likeness (QED) is 0.416. The first-order valence-corrected chi connectivity index (χ1v) is 11.4. The maximum Gasteiger partial charge on any atom is 0.233 e. The smallest absolute Gasteiger partial charge is 0.233 e. The van der Waals surface area contributed by atoms with Crippen molar-refractivity contribution in [1.82, 2.24) is 14.9 Å². The first kappa shape index (κ1) is 20.2. The molecule has 0 saturated carbocycles. The number of halogens is 1. The molecule has 0 bridgehead atoms. The number of hydrogen-bond donors (Lipinski definition) is 0. The number of nitrogens with zero attached hydrogens (tertiary/aromatic N) is 4. The van der Waals surface area contributed by atoms with Crippen molar-refractivity contribution in [2.75, 3.05) is 50.0 Å². The molecule has 3 aliphatic heterocycles. The number of amides is 1. The molecule has 0 radical (unpaired) electrons. The Labute approximate surface area is 175 Å². The number of likely N-dealkylation sites (tertiary alicyclic amines) is 1. The van der Waals surface area contributed by atoms with Crippen molar-refractivity contribution in [2.45, 2.75) is 43.6 Å². The number of hydrogen-bond acceptors (Lipinski definition) is 7. The lowest BCUT2D eigenvalue weighted by Crippen LogP contribution is -2.45. The van der Waals surface area contributed by atoms with Crippen molar-refractivity contribution < 1.29 is 14.3 Å². The Morgan fingerprint density at radius 3 is 2.57 bits per heavy atom. The molecule has 0 atom stereocenters. The molecule has 0 aliphatic carbocycles. The first-order chi connectivity index (χ1) is 13.5. The predicted octanol–water partition coefficient (Wildman–Crippen LogP) is 2.82. The van der Waals surface area contributed by atoms with Gasteiger partial charge in [0.15, 0.2) is 10.9 Å². The second kappa shape index (κ2) is 8.73. The molecule has 0 unspecified atom stereocenters. The van der Waals surface area contributed by atoms with E-state index in [4.69, 9.17) is 21.1 Å². The Balaban J connectivity index is 1.34. The molecule has 1 aromatic heterocycles. The number of piperidine rings is 2. The van der Waals surface area contributed by atoms with E-state index in [0.717, 1.165) is 57.7 Å². The number of rotatable bonds is 4. The van der Waals surface area contributed by atoms with Gasteiger partial charge in [0.2, 0.25) is 5.91 Å². The fourth-order valence-corrected chi connectivity index (χ4v) is 4.93. The van der Waals surface area contributed by atoms with Crippen molar-refractivity contribution in [2.24, 2.45) is 5.92 Å². The third-order valence-corrected chi connectivity index (χ3v) is 6.81. The molecule has 28 heavy (non-hydrogen) atoms. The van der Waals surface area contributed by atoms with Crippen LogP contribution in [-0.4, -0.2) is 71.7 Å². The molecule has 3 aliphatic rings. The van der Waals surface area contributed by atoms with Gasteiger partial charge in [0.25, 0.3) is 0 Å². The van der Waals surface area contributed by atoms with Gasteiger partial charge >= 0.3 is 0 Å². The molecule has 1 amide bonds. The molecule has 7 nitrogen and oxygen atoms in total. The van der Waals surface area contributed by atoms with Crippen LogP contribution in [0, 0.1) is 5.92 Å². The van der Waals surface area contributed by atoms with Gasteiger partial charge in [0, 0.05) is 45.1 Å². The lowest BCUT2D eigenvalue weighted by molar-refractivity contribution is -0.169. The molecule has 1 spiro atoms. The fourth-order valence-electron chi connectivity index (χ4n) is 3.95. The zero-order valence-corrected chi connectivity index (χ0v) is 17.8. The van der Waals surface area contributed by atoms with Crippen LogP contribution in [0.4, 0.5) is 5.82 Å². The SMILES string of the molecule is CC1CCN(C(=O)CSc2nc(Cl)cc(N3CCC4(CC3)OCCO4)n2)CC1. The van der Waals surface area contributed by atoms with Gasteiger partial charge in [-0.2, -0.15) is 0 Å². The highest BCUT2D eigenvalue weighted by atomic mass is 35.5. The number of anilines is 1. The first-order valence-electron chi connectivity index (χ1n) is 10.0. The summed E-state index contributed by atoms with van der Waals surface area (Å²) in [5, 5.41) is 0.954. The highest BCUT2D eigenvalue weighted by Gasteiger charge is 2.40. The van der Waals surface area contributed by atoms with Gasteiger partial charge in [-0.05, 0) is 18.8 Å². The van der Waals surface area contributed by atoms with Crippen LogP contribution in [0.2, 0.25) is 5.15 Å². The van der Waals surface area contributed by atoms with Crippen LogP contribution in [0.5, 0.6) is 0 Å². The Kier molecular flexibility index (Phi) is 6.30. The van der Waals surface area contributed by atoms with Crippen LogP contribution in [0.25, 0.3) is 0 Å². The monoisotopic (exact) mass is 426 g/mol. The third-order valence-electron chi connectivity index (χ3n) is 5.78. The largest absolute Gasteiger partial charge is 0.356 e. The van der Waals surface area contributed by atoms with E-state index in [1.54, 1.807) is 6.07 Å². The topological polar surface area (TPSA) is 67.8 Å². The minimum atomic E-state index is -0.413. The highest BCUT2D eigenvalue weighted by Crippen LogP contribution is 2.33. The Morgan fingerprint density at radius 1 is 1.21 bits per heavy atom. The third kappa shape index (κ3) is 4.72. The molecule has 3 saturated heterocycles. The van der Waals surface area contributed by atoms with E-state index in [2.05, 4.69) is 21.8 Å². The fraction of sp³-hybridized carbons (Fsp3) is 0.737. The molecule has 0 aromatic carbocycles. The molecule has 154 valence electrons. The van der Waals surface area contributed by atoms with Gasteiger partial charge < -0.3 is 19.3 Å². The van der Waals surface area contributed by atoms with Crippen LogP contribution in [0.3, 0.4) is 0 Å². The van der Waals surface area contributed by atoms with E-state index in [1.807, 2.05) is 4.90 Å². The van der Waals surface area contributed by atoms with Crippen LogP contribution in [-0.2, 0) is 14.3 Å². The lowest BCUT2D eigenvalue weighted by atomic mass is 9.99. The highest BCUT2D eigenvalue weighted by molar-refractivity contribution is 7.99. The molecule has 4 rings (SSSR count). The lowest BCUT2D eigenvalue weighted by Gasteiger charge is -2.38. The average Bonchev–Trinajstić information content (AvgIpc) is 3.15. The van der Waals surface area contributed by atoms with Crippen molar-refractivity contribution in [1.29, 1.82) is 0 Å². The van der Waals surface area contributed by atoms with E-state index < -0.39 is 5.79 Å². The second-order valence-electron chi connectivity index (χ2n) is 7.78. The van der Waals surface area contributed by atoms with E-state index in [0.29, 0.717) is 35.2 Å². The normalized spacial score (nSPS) is 22.8. The minimum Gasteiger partial charge on any atom is -0.356 e. The van der Waals surface area contributed by atoms with Crippen molar-refractivity contribution in [3.8, 4) is 0 Å². The summed E-state index contributed by atoms with van der Waals surface area (Å²) in [5.41, 5.74) is 0. The van der Waals surface area contributed by atoms with E-state index in [-0.39, 0.29) is 5.91 Å². The summed E-state index contributed by atoms with van der Waals surface area (Å²) in [7, 11) is 0. The summed E-state index contributed by atoms with van der Waals surface area (Å²) < 4.78 is 11.6. The number of ether oxygens (including phenoxy) is 2. The zero-order valence-electron chi connectivity index (χ0n) is 16.2. The number of aromatic nitrogens is 2. The predicted molar refractivity (Wildman–Crippen MR) is 109 cm³/mol. The van der Waals surface area contributed by atoms with Crippen molar-refractivity contribution >= 4 is 35.1 Å². The van der Waals surface area contributed by atoms with Crippen molar-refractivity contribution in [3.63, 3.8) is 0 Å². The summed E-state index contributed by atoms with van der Waals surface area (Å²) in [4.78, 5) is 25.5. The molecular weight excluding hydrogens is 400 g/mol. The molecule has 1 aromatic rings. The van der Waals surface area contributed by atoms with Gasteiger partial charge in [0.1, 0.15) is 11.0 Å². The molecule has 9 heteroatoms. The maximum atomic E-state index is 12.5.